The smallest absolute Gasteiger partial charge is 0.324 e. The van der Waals surface area contributed by atoms with Crippen LogP contribution >= 0.6 is 0 Å². The van der Waals surface area contributed by atoms with Crippen LogP contribution in [0.25, 0.3) is 5.69 Å². The summed E-state index contributed by atoms with van der Waals surface area (Å²) in [7, 11) is 0. The fourth-order valence-corrected chi connectivity index (χ4v) is 4.02. The van der Waals surface area contributed by atoms with Crippen molar-refractivity contribution in [1.82, 2.24) is 30.4 Å². The average Bonchev–Trinajstić information content (AvgIpc) is 3.41. The molecular formula is C19H22FN7O3. The van der Waals surface area contributed by atoms with Gasteiger partial charge in [0, 0.05) is 13.0 Å². The Morgan fingerprint density at radius 1 is 1.30 bits per heavy atom. The second-order valence-electron chi connectivity index (χ2n) is 7.63. The van der Waals surface area contributed by atoms with Crippen LogP contribution in [0, 0.1) is 12.7 Å². The lowest BCUT2D eigenvalue weighted by atomic mass is 9.98. The summed E-state index contributed by atoms with van der Waals surface area (Å²) in [6.45, 7) is 1.85. The van der Waals surface area contributed by atoms with E-state index in [9.17, 15) is 18.8 Å². The van der Waals surface area contributed by atoms with Gasteiger partial charge in [-0.2, -0.15) is 4.68 Å². The van der Waals surface area contributed by atoms with Crippen molar-refractivity contribution in [2.24, 2.45) is 0 Å². The van der Waals surface area contributed by atoms with Gasteiger partial charge in [0.2, 0.25) is 5.91 Å². The Hall–Kier alpha value is -3.37. The number of tetrazole rings is 1. The molecule has 0 bridgehead atoms. The number of urea groups is 1. The number of carbonyl (C=O) groups excluding carboxylic acids is 3. The second kappa shape index (κ2) is 7.81. The number of aryl methyl sites for hydroxylation is 1. The third-order valence-corrected chi connectivity index (χ3v) is 5.58. The Morgan fingerprint density at radius 3 is 2.77 bits per heavy atom. The van der Waals surface area contributed by atoms with Crippen molar-refractivity contribution >= 4 is 23.5 Å². The molecular weight excluding hydrogens is 393 g/mol. The number of hydrogen-bond donors (Lipinski definition) is 2. The van der Waals surface area contributed by atoms with Crippen LogP contribution < -0.4 is 10.6 Å². The van der Waals surface area contributed by atoms with Crippen molar-refractivity contribution in [3.63, 3.8) is 0 Å². The summed E-state index contributed by atoms with van der Waals surface area (Å²) in [6.07, 6.45) is 3.47. The molecule has 1 aliphatic heterocycles. The number of hydrogen-bond acceptors (Lipinski definition) is 6. The van der Waals surface area contributed by atoms with Crippen molar-refractivity contribution < 1.29 is 18.8 Å². The maximum absolute atomic E-state index is 14.1. The first-order valence-corrected chi connectivity index (χ1v) is 9.88. The van der Waals surface area contributed by atoms with Crippen molar-refractivity contribution in [1.29, 1.82) is 0 Å². The van der Waals surface area contributed by atoms with Crippen LogP contribution in [0.4, 0.5) is 14.9 Å². The minimum absolute atomic E-state index is 0.00676. The average molecular weight is 415 g/mol. The minimum Gasteiger partial charge on any atom is -0.324 e. The molecule has 1 aromatic heterocycles. The molecule has 2 aliphatic rings. The summed E-state index contributed by atoms with van der Waals surface area (Å²) in [5, 5.41) is 16.5. The van der Waals surface area contributed by atoms with Crippen LogP contribution in [0.15, 0.2) is 18.2 Å². The number of imide groups is 1. The van der Waals surface area contributed by atoms with E-state index in [4.69, 9.17) is 0 Å². The lowest BCUT2D eigenvalue weighted by Gasteiger charge is -2.19. The van der Waals surface area contributed by atoms with Crippen molar-refractivity contribution in [2.45, 2.75) is 51.0 Å². The first kappa shape index (κ1) is 19.9. The van der Waals surface area contributed by atoms with Gasteiger partial charge in [-0.1, -0.05) is 12.8 Å². The monoisotopic (exact) mass is 415 g/mol. The molecule has 1 spiro atoms. The number of nitrogens with one attached hydrogen (secondary N) is 2. The normalized spacial score (nSPS) is 17.6. The Balaban J connectivity index is 1.34. The van der Waals surface area contributed by atoms with Crippen molar-refractivity contribution in [3.05, 3.63) is 29.8 Å². The van der Waals surface area contributed by atoms with E-state index in [0.717, 1.165) is 12.8 Å². The quantitative estimate of drug-likeness (QED) is 0.693. The van der Waals surface area contributed by atoms with Crippen LogP contribution in [0.3, 0.4) is 0 Å². The number of amides is 4. The molecule has 4 rings (SSSR count). The highest BCUT2D eigenvalue weighted by atomic mass is 19.1. The molecule has 2 fully saturated rings. The number of halogens is 1. The Kier molecular flexibility index (Phi) is 5.18. The molecule has 11 heteroatoms. The lowest BCUT2D eigenvalue weighted by Crippen LogP contribution is -2.44. The number of anilines is 1. The molecule has 4 amide bonds. The van der Waals surface area contributed by atoms with Crippen molar-refractivity contribution in [3.8, 4) is 5.69 Å². The molecule has 10 nitrogen and oxygen atoms in total. The first-order valence-electron chi connectivity index (χ1n) is 9.88. The third kappa shape index (κ3) is 3.62. The van der Waals surface area contributed by atoms with Crippen LogP contribution in [0.5, 0.6) is 0 Å². The number of carbonyl (C=O) groups is 3. The van der Waals surface area contributed by atoms with E-state index >= 15 is 0 Å². The number of benzene rings is 1. The van der Waals surface area contributed by atoms with Gasteiger partial charge in [-0.3, -0.25) is 14.5 Å². The van der Waals surface area contributed by atoms with Crippen molar-refractivity contribution in [2.75, 3.05) is 11.9 Å². The number of nitrogens with zero attached hydrogens (tertiary/aromatic N) is 5. The zero-order valence-electron chi connectivity index (χ0n) is 16.5. The molecule has 30 heavy (non-hydrogen) atoms. The lowest BCUT2D eigenvalue weighted by molar-refractivity contribution is -0.131. The molecule has 158 valence electrons. The van der Waals surface area contributed by atoms with Crippen LogP contribution in [-0.2, 0) is 9.59 Å². The van der Waals surface area contributed by atoms with Gasteiger partial charge in [-0.05, 0) is 54.8 Å². The predicted octanol–water partition coefficient (Wildman–Crippen LogP) is 1.69. The van der Waals surface area contributed by atoms with Gasteiger partial charge in [-0.25, -0.2) is 9.18 Å². The van der Waals surface area contributed by atoms with Crippen LogP contribution in [0.2, 0.25) is 0 Å². The standard InChI is InChI=1S/C19H22FN7O3/c1-12-23-24-25-27(12)13-6-7-14(20)15(11-13)21-16(28)5-4-10-26-17(29)19(22-18(26)30)8-2-3-9-19/h6-7,11H,2-5,8-10H2,1H3,(H,21,28)(H,22,30). The van der Waals surface area contributed by atoms with Gasteiger partial charge < -0.3 is 10.6 Å². The van der Waals surface area contributed by atoms with E-state index in [1.807, 2.05) is 0 Å². The highest BCUT2D eigenvalue weighted by molar-refractivity contribution is 6.07. The minimum atomic E-state index is -0.753. The van der Waals surface area contributed by atoms with Gasteiger partial charge in [0.25, 0.3) is 5.91 Å². The summed E-state index contributed by atoms with van der Waals surface area (Å²) in [5.41, 5.74) is -0.236. The zero-order chi connectivity index (χ0) is 21.3. The van der Waals surface area contributed by atoms with Gasteiger partial charge in [-0.15, -0.1) is 5.10 Å². The molecule has 2 heterocycles. The molecule has 2 aromatic rings. The van der Waals surface area contributed by atoms with E-state index in [-0.39, 0.29) is 31.0 Å². The molecule has 1 aromatic carbocycles. The summed E-state index contributed by atoms with van der Waals surface area (Å²) in [4.78, 5) is 38.2. The van der Waals surface area contributed by atoms with E-state index in [1.54, 1.807) is 6.92 Å². The summed E-state index contributed by atoms with van der Waals surface area (Å²) in [6, 6.07) is 3.76. The second-order valence-corrected chi connectivity index (χ2v) is 7.63. The SMILES string of the molecule is Cc1nnnn1-c1ccc(F)c(NC(=O)CCCN2C(=O)NC3(CCCC3)C2=O)c1. The highest BCUT2D eigenvalue weighted by Gasteiger charge is 2.52. The van der Waals surface area contributed by atoms with E-state index in [1.165, 1.54) is 27.8 Å². The maximum atomic E-state index is 14.1. The largest absolute Gasteiger partial charge is 0.325 e. The van der Waals surface area contributed by atoms with E-state index in [0.29, 0.717) is 24.4 Å². The predicted molar refractivity (Wildman–Crippen MR) is 103 cm³/mol. The van der Waals surface area contributed by atoms with Gasteiger partial charge in [0.05, 0.1) is 11.4 Å². The summed E-state index contributed by atoms with van der Waals surface area (Å²) in [5.74, 6) is -0.689. The molecule has 2 N–H and O–H groups in total. The molecule has 1 saturated carbocycles. The summed E-state index contributed by atoms with van der Waals surface area (Å²) >= 11 is 0. The van der Waals surface area contributed by atoms with Gasteiger partial charge in [0.1, 0.15) is 11.4 Å². The Bertz CT molecular complexity index is 1000. The van der Waals surface area contributed by atoms with E-state index in [2.05, 4.69) is 26.2 Å². The molecule has 0 atom stereocenters. The fraction of sp³-hybridized carbons (Fsp3) is 0.474. The zero-order valence-corrected chi connectivity index (χ0v) is 16.5. The highest BCUT2D eigenvalue weighted by Crippen LogP contribution is 2.35. The van der Waals surface area contributed by atoms with E-state index < -0.39 is 23.3 Å². The number of aromatic nitrogens is 4. The molecule has 0 radical (unpaired) electrons. The third-order valence-electron chi connectivity index (χ3n) is 5.58. The topological polar surface area (TPSA) is 122 Å². The van der Waals surface area contributed by atoms with Crippen LogP contribution in [-0.4, -0.2) is 55.0 Å². The summed E-state index contributed by atoms with van der Waals surface area (Å²) < 4.78 is 15.6. The Morgan fingerprint density at radius 2 is 2.07 bits per heavy atom. The van der Waals surface area contributed by atoms with Crippen LogP contribution in [0.1, 0.15) is 44.3 Å². The Labute approximate surface area is 171 Å². The molecule has 0 unspecified atom stereocenters. The number of rotatable bonds is 6. The first-order chi connectivity index (χ1) is 14.4. The fourth-order valence-electron chi connectivity index (χ4n) is 4.02. The van der Waals surface area contributed by atoms with Gasteiger partial charge >= 0.3 is 6.03 Å². The van der Waals surface area contributed by atoms with Gasteiger partial charge in [0.15, 0.2) is 5.82 Å². The molecule has 1 saturated heterocycles. The molecule has 1 aliphatic carbocycles. The maximum Gasteiger partial charge on any atom is 0.325 e.